The van der Waals surface area contributed by atoms with E-state index >= 15 is 0 Å². The molecule has 29 heavy (non-hydrogen) atoms. The number of fused-ring (bicyclic) bond motifs is 1. The van der Waals surface area contributed by atoms with Gasteiger partial charge in [0.15, 0.2) is 6.10 Å². The first-order chi connectivity index (χ1) is 13.4. The molecule has 0 saturated heterocycles. The van der Waals surface area contributed by atoms with Crippen LogP contribution in [-0.2, 0) is 19.1 Å². The van der Waals surface area contributed by atoms with Gasteiger partial charge in [-0.15, -0.1) is 0 Å². The highest BCUT2D eigenvalue weighted by Gasteiger charge is 2.58. The summed E-state index contributed by atoms with van der Waals surface area (Å²) in [6.07, 6.45) is 5.71. The molecule has 0 aromatic heterocycles. The van der Waals surface area contributed by atoms with Crippen LogP contribution in [0.2, 0.25) is 0 Å². The maximum Gasteiger partial charge on any atom is 0.303 e. The van der Waals surface area contributed by atoms with Gasteiger partial charge in [0.25, 0.3) is 0 Å². The lowest BCUT2D eigenvalue weighted by Crippen LogP contribution is -2.58. The number of ether oxygens (including phenoxy) is 2. The number of aliphatic hydroxyl groups excluding tert-OH is 1. The van der Waals surface area contributed by atoms with Gasteiger partial charge in [0.05, 0.1) is 6.61 Å². The highest BCUT2D eigenvalue weighted by Crippen LogP contribution is 2.61. The molecule has 164 valence electrons. The number of allylic oxidation sites excluding steroid dienone is 2. The number of hydrogen-bond donors (Lipinski definition) is 1. The number of carbonyl (C=O) groups excluding carboxylic acids is 2. The average Bonchev–Trinajstić information content (AvgIpc) is 2.56. The molecule has 2 rings (SSSR count). The van der Waals surface area contributed by atoms with E-state index < -0.39 is 12.2 Å². The maximum absolute atomic E-state index is 12.0. The summed E-state index contributed by atoms with van der Waals surface area (Å²) in [6.45, 7) is 13.7. The van der Waals surface area contributed by atoms with Gasteiger partial charge in [-0.05, 0) is 55.9 Å². The summed E-state index contributed by atoms with van der Waals surface area (Å²) in [4.78, 5) is 23.9. The zero-order chi connectivity index (χ0) is 22.0. The minimum atomic E-state index is -0.552. The van der Waals surface area contributed by atoms with Crippen molar-refractivity contribution < 1.29 is 24.2 Å². The first-order valence-electron chi connectivity index (χ1n) is 10.7. The third-order valence-corrected chi connectivity index (χ3v) is 7.07. The molecule has 0 heterocycles. The van der Waals surface area contributed by atoms with Crippen LogP contribution in [0.3, 0.4) is 0 Å². The van der Waals surface area contributed by atoms with Crippen molar-refractivity contribution in [3.63, 3.8) is 0 Å². The summed E-state index contributed by atoms with van der Waals surface area (Å²) in [6, 6.07) is 0. The number of rotatable bonds is 6. The Morgan fingerprint density at radius 3 is 2.28 bits per heavy atom. The summed E-state index contributed by atoms with van der Waals surface area (Å²) < 4.78 is 11.6. The minimum Gasteiger partial charge on any atom is -0.458 e. The van der Waals surface area contributed by atoms with Crippen LogP contribution in [0.25, 0.3) is 0 Å². The molecule has 0 aromatic carbocycles. The molecule has 1 saturated carbocycles. The van der Waals surface area contributed by atoms with Gasteiger partial charge < -0.3 is 14.6 Å². The molecule has 0 aliphatic heterocycles. The molecule has 0 unspecified atom stereocenters. The van der Waals surface area contributed by atoms with E-state index in [9.17, 15) is 14.7 Å². The second-order valence-electron chi connectivity index (χ2n) is 9.74. The zero-order valence-corrected chi connectivity index (χ0v) is 19.1. The third-order valence-electron chi connectivity index (χ3n) is 7.07. The summed E-state index contributed by atoms with van der Waals surface area (Å²) in [5.41, 5.74) is 3.31. The topological polar surface area (TPSA) is 72.8 Å². The quantitative estimate of drug-likeness (QED) is 0.510. The molecule has 0 radical (unpaired) electrons. The molecule has 0 spiro atoms. The van der Waals surface area contributed by atoms with Crippen LogP contribution in [0.4, 0.5) is 0 Å². The van der Waals surface area contributed by atoms with Crippen molar-refractivity contribution in [3.8, 4) is 0 Å². The SMILES string of the molecule is CC(=O)O[C@@H]1[C@@H](OC(C)=O)C(C)=C(CC/C(C)=C\CO)[C@@]2(C)CCCC(C)(C)[C@H]12. The molecule has 5 heteroatoms. The van der Waals surface area contributed by atoms with Gasteiger partial charge in [-0.25, -0.2) is 0 Å². The van der Waals surface area contributed by atoms with Crippen LogP contribution in [0.5, 0.6) is 0 Å². The molecule has 1 fully saturated rings. The summed E-state index contributed by atoms with van der Waals surface area (Å²) >= 11 is 0. The fourth-order valence-corrected chi connectivity index (χ4v) is 5.99. The fourth-order valence-electron chi connectivity index (χ4n) is 5.99. The van der Waals surface area contributed by atoms with Crippen LogP contribution in [-0.4, -0.2) is 35.9 Å². The third kappa shape index (κ3) is 4.93. The van der Waals surface area contributed by atoms with Crippen molar-refractivity contribution in [2.24, 2.45) is 16.7 Å². The molecule has 5 nitrogen and oxygen atoms in total. The summed E-state index contributed by atoms with van der Waals surface area (Å²) in [7, 11) is 0. The van der Waals surface area contributed by atoms with E-state index in [0.717, 1.165) is 43.3 Å². The predicted octanol–water partition coefficient (Wildman–Crippen LogP) is 4.73. The molecule has 2 aliphatic carbocycles. The van der Waals surface area contributed by atoms with Crippen molar-refractivity contribution in [1.82, 2.24) is 0 Å². The lowest BCUT2D eigenvalue weighted by molar-refractivity contribution is -0.184. The van der Waals surface area contributed by atoms with Crippen LogP contribution >= 0.6 is 0 Å². The lowest BCUT2D eigenvalue weighted by Gasteiger charge is -2.58. The van der Waals surface area contributed by atoms with Crippen molar-refractivity contribution in [1.29, 1.82) is 0 Å². The van der Waals surface area contributed by atoms with E-state index in [4.69, 9.17) is 9.47 Å². The Bertz CT molecular complexity index is 702. The Hall–Kier alpha value is -1.62. The normalized spacial score (nSPS) is 31.9. The van der Waals surface area contributed by atoms with Crippen molar-refractivity contribution in [2.75, 3.05) is 6.61 Å². The maximum atomic E-state index is 12.0. The Labute approximate surface area is 175 Å². The van der Waals surface area contributed by atoms with Crippen LogP contribution < -0.4 is 0 Å². The number of esters is 2. The molecule has 0 bridgehead atoms. The molecule has 4 atom stereocenters. The Morgan fingerprint density at radius 1 is 1.10 bits per heavy atom. The van der Waals surface area contributed by atoms with E-state index in [-0.39, 0.29) is 35.3 Å². The van der Waals surface area contributed by atoms with Gasteiger partial charge in [0.2, 0.25) is 0 Å². The molecule has 2 aliphatic rings. The van der Waals surface area contributed by atoms with Gasteiger partial charge in [0.1, 0.15) is 6.10 Å². The smallest absolute Gasteiger partial charge is 0.303 e. The standard InChI is InChI=1S/C24H38O5/c1-15(11-14-25)9-10-19-16(2)20(28-17(3)26)21(29-18(4)27)22-23(5,6)12-8-13-24(19,22)7/h11,20-22,25H,8-10,12-14H2,1-7H3/b15-11-/t20-,21+,22-,24+/m0/s1. The fraction of sp³-hybridized carbons (Fsp3) is 0.750. The Kier molecular flexibility index (Phi) is 7.37. The van der Waals surface area contributed by atoms with Crippen molar-refractivity contribution >= 4 is 11.9 Å². The van der Waals surface area contributed by atoms with Gasteiger partial charge in [-0.1, -0.05) is 44.4 Å². The van der Waals surface area contributed by atoms with E-state index in [1.807, 2.05) is 19.9 Å². The average molecular weight is 407 g/mol. The minimum absolute atomic E-state index is 0.0430. The van der Waals surface area contributed by atoms with Crippen molar-refractivity contribution in [2.45, 2.75) is 92.8 Å². The highest BCUT2D eigenvalue weighted by atomic mass is 16.6. The summed E-state index contributed by atoms with van der Waals surface area (Å²) in [5.74, 6) is -0.633. The van der Waals surface area contributed by atoms with Crippen LogP contribution in [0, 0.1) is 16.7 Å². The van der Waals surface area contributed by atoms with Crippen LogP contribution in [0.15, 0.2) is 22.8 Å². The molecular weight excluding hydrogens is 368 g/mol. The van der Waals surface area contributed by atoms with Gasteiger partial charge in [0, 0.05) is 19.8 Å². The second kappa shape index (κ2) is 9.03. The lowest BCUT2D eigenvalue weighted by atomic mass is 9.48. The largest absolute Gasteiger partial charge is 0.458 e. The zero-order valence-electron chi connectivity index (χ0n) is 19.1. The highest BCUT2D eigenvalue weighted by molar-refractivity contribution is 5.68. The summed E-state index contributed by atoms with van der Waals surface area (Å²) in [5, 5.41) is 9.20. The van der Waals surface area contributed by atoms with Gasteiger partial charge in [-0.2, -0.15) is 0 Å². The van der Waals surface area contributed by atoms with E-state index in [0.29, 0.717) is 0 Å². The van der Waals surface area contributed by atoms with Crippen LogP contribution in [0.1, 0.15) is 80.6 Å². The van der Waals surface area contributed by atoms with E-state index in [2.05, 4.69) is 20.8 Å². The van der Waals surface area contributed by atoms with Gasteiger partial charge in [-0.3, -0.25) is 9.59 Å². The number of aliphatic hydroxyl groups is 1. The second-order valence-corrected chi connectivity index (χ2v) is 9.74. The molecule has 1 N–H and O–H groups in total. The Morgan fingerprint density at radius 2 is 1.72 bits per heavy atom. The van der Waals surface area contributed by atoms with Crippen molar-refractivity contribution in [3.05, 3.63) is 22.8 Å². The predicted molar refractivity (Wildman–Crippen MR) is 113 cm³/mol. The molecule has 0 aromatic rings. The first-order valence-corrected chi connectivity index (χ1v) is 10.7. The van der Waals surface area contributed by atoms with Gasteiger partial charge >= 0.3 is 11.9 Å². The monoisotopic (exact) mass is 406 g/mol. The molecule has 0 amide bonds. The van der Waals surface area contributed by atoms with E-state index in [1.165, 1.54) is 19.4 Å². The molecular formula is C24H38O5. The Balaban J connectivity index is 2.60. The number of hydrogen-bond acceptors (Lipinski definition) is 5. The van der Waals surface area contributed by atoms with E-state index in [1.54, 1.807) is 0 Å². The number of carbonyl (C=O) groups is 2. The first kappa shape index (κ1) is 23.7.